The largest absolute Gasteiger partial charge is 0.494 e. The van der Waals surface area contributed by atoms with Crippen LogP contribution in [0.4, 0.5) is 8.78 Å². The summed E-state index contributed by atoms with van der Waals surface area (Å²) in [6.07, 6.45) is 9.76. The van der Waals surface area contributed by atoms with Crippen molar-refractivity contribution in [2.45, 2.75) is 83.3 Å². The van der Waals surface area contributed by atoms with Crippen molar-refractivity contribution in [2.24, 2.45) is 5.92 Å². The Hall–Kier alpha value is -1.68. The number of rotatable bonds is 11. The number of ether oxygens (including phenoxy) is 1. The van der Waals surface area contributed by atoms with Crippen LogP contribution < -0.4 is 4.74 Å². The fourth-order valence-corrected chi connectivity index (χ4v) is 7.71. The van der Waals surface area contributed by atoms with E-state index in [9.17, 15) is 8.78 Å². The molecule has 169 valence electrons. The molecule has 0 atom stereocenters. The van der Waals surface area contributed by atoms with E-state index in [1.54, 1.807) is 24.3 Å². The van der Waals surface area contributed by atoms with Crippen molar-refractivity contribution in [1.82, 2.24) is 0 Å². The Morgan fingerprint density at radius 2 is 1.61 bits per heavy atom. The fraction of sp³-hybridized carbons (Fsp3) is 0.556. The number of hydrogen-bond donors (Lipinski definition) is 0. The van der Waals surface area contributed by atoms with Gasteiger partial charge in [0.2, 0.25) is 0 Å². The molecular formula is C27H37F2OSi. The summed E-state index contributed by atoms with van der Waals surface area (Å²) in [6.45, 7) is 4.83. The molecule has 0 unspecified atom stereocenters. The minimum absolute atomic E-state index is 0.0943. The predicted octanol–water partition coefficient (Wildman–Crippen LogP) is 8.45. The van der Waals surface area contributed by atoms with Gasteiger partial charge in [-0.05, 0) is 48.9 Å². The number of aryl methyl sites for hydroxylation is 1. The zero-order valence-electron chi connectivity index (χ0n) is 19.2. The molecule has 1 aliphatic heterocycles. The van der Waals surface area contributed by atoms with Crippen LogP contribution in [-0.2, 0) is 6.42 Å². The molecule has 1 fully saturated rings. The topological polar surface area (TPSA) is 9.23 Å². The lowest BCUT2D eigenvalue weighted by molar-refractivity contribution is 0.316. The standard InChI is InChI=1S/C27H37F2OSi/c1-3-5-6-16-31-17-13-21(14-18-31)7-8-22-9-11-24(26(28)19-22)25-12-10-23(20-27(25)29)30-15-4-2/h9-12,19-21H,3-8,13-18H2,1-2H3. The zero-order chi connectivity index (χ0) is 22.1. The summed E-state index contributed by atoms with van der Waals surface area (Å²) in [5, 5.41) is 0. The van der Waals surface area contributed by atoms with Crippen LogP contribution in [0.25, 0.3) is 11.1 Å². The van der Waals surface area contributed by atoms with Crippen LogP contribution in [0.3, 0.4) is 0 Å². The third-order valence-electron chi connectivity index (χ3n) is 6.52. The molecule has 1 nitrogen and oxygen atoms in total. The number of unbranched alkanes of at least 4 members (excludes halogenated alkanes) is 2. The van der Waals surface area contributed by atoms with Crippen LogP contribution in [0.5, 0.6) is 5.75 Å². The molecule has 0 aromatic heterocycles. The van der Waals surface area contributed by atoms with Gasteiger partial charge in [0, 0.05) is 26.0 Å². The smallest absolute Gasteiger partial charge is 0.134 e. The summed E-state index contributed by atoms with van der Waals surface area (Å²) in [7, 11) is -0.0943. The molecule has 4 heteroatoms. The second-order valence-electron chi connectivity index (χ2n) is 8.99. The maximum Gasteiger partial charge on any atom is 0.134 e. The average molecular weight is 444 g/mol. The third-order valence-corrected chi connectivity index (χ3v) is 9.58. The monoisotopic (exact) mass is 443 g/mol. The summed E-state index contributed by atoms with van der Waals surface area (Å²) >= 11 is 0. The molecule has 0 saturated carbocycles. The van der Waals surface area contributed by atoms with Crippen LogP contribution in [0, 0.1) is 17.6 Å². The molecule has 2 aromatic rings. The minimum Gasteiger partial charge on any atom is -0.494 e. The summed E-state index contributed by atoms with van der Waals surface area (Å²) in [5.74, 6) is 0.487. The van der Waals surface area contributed by atoms with E-state index in [4.69, 9.17) is 4.74 Å². The maximum absolute atomic E-state index is 14.8. The van der Waals surface area contributed by atoms with E-state index >= 15 is 0 Å². The van der Waals surface area contributed by atoms with Crippen molar-refractivity contribution >= 4 is 8.80 Å². The Kier molecular flexibility index (Phi) is 9.57. The molecule has 0 spiro atoms. The summed E-state index contributed by atoms with van der Waals surface area (Å²) in [5.41, 5.74) is 1.63. The van der Waals surface area contributed by atoms with Gasteiger partial charge < -0.3 is 4.74 Å². The molecule has 2 aromatic carbocycles. The zero-order valence-corrected chi connectivity index (χ0v) is 20.2. The normalized spacial score (nSPS) is 15.4. The van der Waals surface area contributed by atoms with Crippen LogP contribution in [0.1, 0.15) is 64.4 Å². The molecule has 3 rings (SSSR count). The van der Waals surface area contributed by atoms with Crippen molar-refractivity contribution in [1.29, 1.82) is 0 Å². The van der Waals surface area contributed by atoms with Gasteiger partial charge in [-0.3, -0.25) is 0 Å². The van der Waals surface area contributed by atoms with Gasteiger partial charge in [0.1, 0.15) is 17.4 Å². The highest BCUT2D eigenvalue weighted by Crippen LogP contribution is 2.32. The first-order chi connectivity index (χ1) is 15.1. The molecule has 31 heavy (non-hydrogen) atoms. The van der Waals surface area contributed by atoms with Gasteiger partial charge in [-0.25, -0.2) is 8.78 Å². The lowest BCUT2D eigenvalue weighted by atomic mass is 9.93. The number of halogens is 2. The van der Waals surface area contributed by atoms with E-state index in [0.717, 1.165) is 30.7 Å². The van der Waals surface area contributed by atoms with Gasteiger partial charge in [0.05, 0.1) is 6.61 Å². The van der Waals surface area contributed by atoms with E-state index in [1.807, 2.05) is 13.0 Å². The first-order valence-corrected chi connectivity index (χ1v) is 14.3. The van der Waals surface area contributed by atoms with Crippen molar-refractivity contribution in [2.75, 3.05) is 6.61 Å². The van der Waals surface area contributed by atoms with Gasteiger partial charge in [-0.15, -0.1) is 0 Å². The number of hydrogen-bond acceptors (Lipinski definition) is 1. The molecule has 0 amide bonds. The summed E-state index contributed by atoms with van der Waals surface area (Å²) in [4.78, 5) is 0. The Morgan fingerprint density at radius 1 is 0.903 bits per heavy atom. The highest BCUT2D eigenvalue weighted by molar-refractivity contribution is 6.58. The molecule has 1 radical (unpaired) electrons. The van der Waals surface area contributed by atoms with Crippen molar-refractivity contribution in [3.63, 3.8) is 0 Å². The lowest BCUT2D eigenvalue weighted by Crippen LogP contribution is -2.21. The second kappa shape index (κ2) is 12.4. The van der Waals surface area contributed by atoms with Gasteiger partial charge in [0.25, 0.3) is 0 Å². The van der Waals surface area contributed by atoms with Crippen LogP contribution >= 0.6 is 0 Å². The van der Waals surface area contributed by atoms with Gasteiger partial charge in [0.15, 0.2) is 0 Å². The third kappa shape index (κ3) is 7.17. The van der Waals surface area contributed by atoms with Crippen molar-refractivity contribution in [3.8, 4) is 16.9 Å². The summed E-state index contributed by atoms with van der Waals surface area (Å²) in [6, 6.07) is 14.4. The van der Waals surface area contributed by atoms with Crippen molar-refractivity contribution < 1.29 is 13.5 Å². The Balaban J connectivity index is 1.52. The van der Waals surface area contributed by atoms with E-state index in [1.165, 1.54) is 56.3 Å². The number of benzene rings is 2. The SMILES string of the molecule is CCCCC[Si]1CCC(CCc2ccc(-c3ccc(OCCC)cc3F)c(F)c2)CC1. The van der Waals surface area contributed by atoms with Crippen LogP contribution in [-0.4, -0.2) is 15.4 Å². The summed E-state index contributed by atoms with van der Waals surface area (Å²) < 4.78 is 34.8. The molecule has 1 heterocycles. The quantitative estimate of drug-likeness (QED) is 0.250. The predicted molar refractivity (Wildman–Crippen MR) is 128 cm³/mol. The Labute approximate surface area is 188 Å². The van der Waals surface area contributed by atoms with Crippen LogP contribution in [0.15, 0.2) is 36.4 Å². The Bertz CT molecular complexity index is 815. The van der Waals surface area contributed by atoms with Crippen molar-refractivity contribution in [3.05, 3.63) is 53.6 Å². The van der Waals surface area contributed by atoms with Gasteiger partial charge >= 0.3 is 0 Å². The van der Waals surface area contributed by atoms with E-state index < -0.39 is 5.82 Å². The fourth-order valence-electron chi connectivity index (χ4n) is 4.58. The first kappa shape index (κ1) is 24.0. The molecule has 0 aliphatic carbocycles. The second-order valence-corrected chi connectivity index (χ2v) is 12.0. The maximum atomic E-state index is 14.8. The minimum atomic E-state index is -0.445. The molecule has 0 N–H and O–H groups in total. The van der Waals surface area contributed by atoms with Crippen LogP contribution in [0.2, 0.25) is 18.1 Å². The lowest BCUT2D eigenvalue weighted by Gasteiger charge is -2.27. The van der Waals surface area contributed by atoms with Gasteiger partial charge in [-0.2, -0.15) is 0 Å². The van der Waals surface area contributed by atoms with E-state index in [0.29, 0.717) is 17.9 Å². The highest BCUT2D eigenvalue weighted by Gasteiger charge is 2.22. The molecular weight excluding hydrogens is 406 g/mol. The average Bonchev–Trinajstić information content (AvgIpc) is 2.78. The molecule has 1 saturated heterocycles. The highest BCUT2D eigenvalue weighted by atomic mass is 28.3. The van der Waals surface area contributed by atoms with Gasteiger partial charge in [-0.1, -0.05) is 76.2 Å². The Morgan fingerprint density at radius 3 is 2.26 bits per heavy atom. The molecule has 0 bridgehead atoms. The van der Waals surface area contributed by atoms with E-state index in [-0.39, 0.29) is 20.2 Å². The molecule has 1 aliphatic rings. The van der Waals surface area contributed by atoms with E-state index in [2.05, 4.69) is 6.92 Å². The first-order valence-electron chi connectivity index (χ1n) is 12.2.